The van der Waals surface area contributed by atoms with Gasteiger partial charge in [0.05, 0.1) is 14.2 Å². The quantitative estimate of drug-likeness (QED) is 0.890. The van der Waals surface area contributed by atoms with Crippen LogP contribution in [0.3, 0.4) is 0 Å². The first kappa shape index (κ1) is 13.2. The lowest BCUT2D eigenvalue weighted by Gasteiger charge is -2.29. The zero-order valence-corrected chi connectivity index (χ0v) is 11.3. The molecule has 0 radical (unpaired) electrons. The Morgan fingerprint density at radius 3 is 2.44 bits per heavy atom. The molecule has 1 aliphatic carbocycles. The average Bonchev–Trinajstić information content (AvgIpc) is 2.46. The van der Waals surface area contributed by atoms with Crippen molar-refractivity contribution in [1.29, 1.82) is 0 Å². The molecule has 0 spiro atoms. The molecule has 18 heavy (non-hydrogen) atoms. The maximum atomic E-state index is 6.43. The summed E-state index contributed by atoms with van der Waals surface area (Å²) in [5, 5.41) is 0. The summed E-state index contributed by atoms with van der Waals surface area (Å²) >= 11 is 0. The van der Waals surface area contributed by atoms with Crippen molar-refractivity contribution in [2.75, 3.05) is 14.2 Å². The molecule has 1 aliphatic rings. The van der Waals surface area contributed by atoms with E-state index in [1.807, 2.05) is 12.1 Å². The number of hydrogen-bond acceptors (Lipinski definition) is 3. The number of methoxy groups -OCH3 is 2. The van der Waals surface area contributed by atoms with E-state index in [1.165, 1.54) is 32.1 Å². The van der Waals surface area contributed by atoms with Gasteiger partial charge in [-0.25, -0.2) is 0 Å². The van der Waals surface area contributed by atoms with Crippen molar-refractivity contribution < 1.29 is 9.47 Å². The van der Waals surface area contributed by atoms with Crippen LogP contribution in [-0.4, -0.2) is 14.2 Å². The zero-order chi connectivity index (χ0) is 13.0. The largest absolute Gasteiger partial charge is 0.493 e. The molecule has 3 nitrogen and oxygen atoms in total. The summed E-state index contributed by atoms with van der Waals surface area (Å²) in [6, 6.07) is 6.01. The highest BCUT2D eigenvalue weighted by Gasteiger charge is 2.25. The number of ether oxygens (including phenoxy) is 2. The number of benzene rings is 1. The van der Waals surface area contributed by atoms with Gasteiger partial charge in [0.2, 0.25) is 0 Å². The summed E-state index contributed by atoms with van der Waals surface area (Å²) in [7, 11) is 3.34. The lowest BCUT2D eigenvalue weighted by Crippen LogP contribution is -2.24. The summed E-state index contributed by atoms with van der Waals surface area (Å²) in [6.45, 7) is 0. The second-order valence-corrected chi connectivity index (χ2v) is 5.01. The van der Waals surface area contributed by atoms with Gasteiger partial charge in [-0.05, 0) is 24.8 Å². The second kappa shape index (κ2) is 6.10. The minimum atomic E-state index is 0.0512. The molecule has 1 fully saturated rings. The predicted octanol–water partition coefficient (Wildman–Crippen LogP) is 3.28. The Bertz CT molecular complexity index is 386. The van der Waals surface area contributed by atoms with Crippen LogP contribution in [-0.2, 0) is 0 Å². The van der Waals surface area contributed by atoms with Gasteiger partial charge in [0.15, 0.2) is 11.5 Å². The van der Waals surface area contributed by atoms with E-state index in [0.717, 1.165) is 17.1 Å². The van der Waals surface area contributed by atoms with E-state index in [9.17, 15) is 0 Å². The summed E-state index contributed by atoms with van der Waals surface area (Å²) in [6.07, 6.45) is 6.39. The fourth-order valence-corrected chi connectivity index (χ4v) is 2.92. The molecule has 1 atom stereocenters. The average molecular weight is 249 g/mol. The summed E-state index contributed by atoms with van der Waals surface area (Å²) in [5.74, 6) is 2.12. The molecule has 100 valence electrons. The van der Waals surface area contributed by atoms with Crippen molar-refractivity contribution in [3.8, 4) is 11.5 Å². The minimum Gasteiger partial charge on any atom is -0.493 e. The molecular weight excluding hydrogens is 226 g/mol. The van der Waals surface area contributed by atoms with Crippen LogP contribution in [0.5, 0.6) is 11.5 Å². The topological polar surface area (TPSA) is 44.5 Å². The summed E-state index contributed by atoms with van der Waals surface area (Å²) in [5.41, 5.74) is 7.51. The standard InChI is InChI=1S/C15H23NO2/c1-17-13-10-6-9-12(15(13)18-2)14(16)11-7-4-3-5-8-11/h6,9-11,14H,3-5,7-8,16H2,1-2H3. The van der Waals surface area contributed by atoms with E-state index < -0.39 is 0 Å². The second-order valence-electron chi connectivity index (χ2n) is 5.01. The molecule has 1 aromatic carbocycles. The van der Waals surface area contributed by atoms with E-state index in [-0.39, 0.29) is 6.04 Å². The third-order valence-corrected chi connectivity index (χ3v) is 3.95. The Labute approximate surface area is 109 Å². The maximum absolute atomic E-state index is 6.43. The number of hydrogen-bond donors (Lipinski definition) is 1. The number of rotatable bonds is 4. The molecule has 0 heterocycles. The van der Waals surface area contributed by atoms with Gasteiger partial charge >= 0.3 is 0 Å². The van der Waals surface area contributed by atoms with Crippen LogP contribution in [0.25, 0.3) is 0 Å². The van der Waals surface area contributed by atoms with E-state index in [4.69, 9.17) is 15.2 Å². The Kier molecular flexibility index (Phi) is 4.48. The molecule has 3 heteroatoms. The summed E-state index contributed by atoms with van der Waals surface area (Å²) < 4.78 is 10.8. The Morgan fingerprint density at radius 1 is 1.11 bits per heavy atom. The Hall–Kier alpha value is -1.22. The molecule has 0 aromatic heterocycles. The number of nitrogens with two attached hydrogens (primary N) is 1. The first-order valence-corrected chi connectivity index (χ1v) is 6.74. The van der Waals surface area contributed by atoms with Crippen molar-refractivity contribution >= 4 is 0 Å². The fourth-order valence-electron chi connectivity index (χ4n) is 2.92. The highest BCUT2D eigenvalue weighted by molar-refractivity contribution is 5.48. The van der Waals surface area contributed by atoms with Gasteiger partial charge in [0.25, 0.3) is 0 Å². The van der Waals surface area contributed by atoms with E-state index in [0.29, 0.717) is 5.92 Å². The van der Waals surface area contributed by atoms with E-state index >= 15 is 0 Å². The zero-order valence-electron chi connectivity index (χ0n) is 11.3. The molecule has 2 N–H and O–H groups in total. The van der Waals surface area contributed by atoms with Crippen molar-refractivity contribution in [1.82, 2.24) is 0 Å². The smallest absolute Gasteiger partial charge is 0.165 e. The monoisotopic (exact) mass is 249 g/mol. The Balaban J connectivity index is 2.25. The fraction of sp³-hybridized carbons (Fsp3) is 0.600. The molecular formula is C15H23NO2. The van der Waals surface area contributed by atoms with Gasteiger partial charge in [-0.3, -0.25) is 0 Å². The van der Waals surface area contributed by atoms with Crippen LogP contribution in [0.4, 0.5) is 0 Å². The molecule has 2 rings (SSSR count). The third-order valence-electron chi connectivity index (χ3n) is 3.95. The molecule has 0 saturated heterocycles. The Morgan fingerprint density at radius 2 is 1.83 bits per heavy atom. The normalized spacial score (nSPS) is 18.4. The van der Waals surface area contributed by atoms with Gasteiger partial charge < -0.3 is 15.2 Å². The molecule has 1 aromatic rings. The molecule has 1 saturated carbocycles. The SMILES string of the molecule is COc1cccc(C(N)C2CCCCC2)c1OC. The lowest BCUT2D eigenvalue weighted by molar-refractivity contribution is 0.296. The van der Waals surface area contributed by atoms with Crippen molar-refractivity contribution in [3.63, 3.8) is 0 Å². The van der Waals surface area contributed by atoms with Crippen LogP contribution in [0, 0.1) is 5.92 Å². The van der Waals surface area contributed by atoms with Crippen LogP contribution >= 0.6 is 0 Å². The predicted molar refractivity (Wildman–Crippen MR) is 73.0 cm³/mol. The van der Waals surface area contributed by atoms with Crippen LogP contribution < -0.4 is 15.2 Å². The molecule has 0 bridgehead atoms. The van der Waals surface area contributed by atoms with Crippen LogP contribution in [0.15, 0.2) is 18.2 Å². The third kappa shape index (κ3) is 2.61. The van der Waals surface area contributed by atoms with E-state index in [2.05, 4.69) is 6.07 Å². The van der Waals surface area contributed by atoms with Crippen LogP contribution in [0.2, 0.25) is 0 Å². The number of para-hydroxylation sites is 1. The molecule has 1 unspecified atom stereocenters. The highest BCUT2D eigenvalue weighted by Crippen LogP contribution is 2.40. The molecule has 0 amide bonds. The molecule has 0 aliphatic heterocycles. The van der Waals surface area contributed by atoms with Gasteiger partial charge in [0.1, 0.15) is 0 Å². The minimum absolute atomic E-state index is 0.0512. The van der Waals surface area contributed by atoms with Gasteiger partial charge in [-0.1, -0.05) is 31.4 Å². The van der Waals surface area contributed by atoms with E-state index in [1.54, 1.807) is 14.2 Å². The maximum Gasteiger partial charge on any atom is 0.165 e. The van der Waals surface area contributed by atoms with Gasteiger partial charge in [-0.2, -0.15) is 0 Å². The van der Waals surface area contributed by atoms with Gasteiger partial charge in [-0.15, -0.1) is 0 Å². The highest BCUT2D eigenvalue weighted by atomic mass is 16.5. The van der Waals surface area contributed by atoms with Crippen molar-refractivity contribution in [3.05, 3.63) is 23.8 Å². The summed E-state index contributed by atoms with van der Waals surface area (Å²) in [4.78, 5) is 0. The first-order chi connectivity index (χ1) is 8.77. The van der Waals surface area contributed by atoms with Crippen LogP contribution in [0.1, 0.15) is 43.7 Å². The lowest BCUT2D eigenvalue weighted by atomic mass is 9.81. The van der Waals surface area contributed by atoms with Crippen molar-refractivity contribution in [2.45, 2.75) is 38.1 Å². The first-order valence-electron chi connectivity index (χ1n) is 6.74. The van der Waals surface area contributed by atoms with Gasteiger partial charge in [0, 0.05) is 11.6 Å². The van der Waals surface area contributed by atoms with Crippen molar-refractivity contribution in [2.24, 2.45) is 11.7 Å².